The highest BCUT2D eigenvalue weighted by molar-refractivity contribution is 7.16. The van der Waals surface area contributed by atoms with E-state index in [0.717, 1.165) is 23.6 Å². The monoisotopic (exact) mass is 301 g/mol. The Morgan fingerprint density at radius 1 is 1.58 bits per heavy atom. The van der Waals surface area contributed by atoms with Crippen LogP contribution in [0.5, 0.6) is 0 Å². The van der Waals surface area contributed by atoms with Crippen LogP contribution in [0.4, 0.5) is 0 Å². The van der Waals surface area contributed by atoms with Crippen molar-refractivity contribution in [1.82, 2.24) is 5.32 Å². The molecule has 1 aliphatic rings. The third kappa shape index (κ3) is 4.19. The van der Waals surface area contributed by atoms with Crippen LogP contribution in [0.2, 0.25) is 4.34 Å². The Bertz CT molecular complexity index is 428. The zero-order valence-electron chi connectivity index (χ0n) is 12.0. The maximum atomic E-state index is 10.4. The Morgan fingerprint density at radius 2 is 2.32 bits per heavy atom. The van der Waals surface area contributed by atoms with E-state index in [1.807, 2.05) is 6.92 Å². The lowest BCUT2D eigenvalue weighted by molar-refractivity contribution is 0.0353. The fourth-order valence-electron chi connectivity index (χ4n) is 3.03. The standard InChI is InChI=1S/C15H24ClNOS/c1-10(2)8-15(3,18)9-17-12-5-4-6-13-11(12)7-14(16)19-13/h7,10,12,17-18H,4-6,8-9H2,1-3H3. The number of thiophene rings is 1. The van der Waals surface area contributed by atoms with E-state index in [4.69, 9.17) is 11.6 Å². The quantitative estimate of drug-likeness (QED) is 0.855. The van der Waals surface area contributed by atoms with Crippen molar-refractivity contribution < 1.29 is 5.11 Å². The van der Waals surface area contributed by atoms with Gasteiger partial charge in [0.15, 0.2) is 0 Å². The highest BCUT2D eigenvalue weighted by atomic mass is 35.5. The van der Waals surface area contributed by atoms with Crippen LogP contribution in [0.25, 0.3) is 0 Å². The summed E-state index contributed by atoms with van der Waals surface area (Å²) in [6.45, 7) is 6.85. The zero-order valence-corrected chi connectivity index (χ0v) is 13.6. The summed E-state index contributed by atoms with van der Waals surface area (Å²) in [5.74, 6) is 0.509. The van der Waals surface area contributed by atoms with Crippen molar-refractivity contribution in [1.29, 1.82) is 0 Å². The molecule has 0 spiro atoms. The van der Waals surface area contributed by atoms with Gasteiger partial charge < -0.3 is 10.4 Å². The topological polar surface area (TPSA) is 32.3 Å². The van der Waals surface area contributed by atoms with Crippen LogP contribution in [0.15, 0.2) is 6.07 Å². The normalized spacial score (nSPS) is 22.3. The minimum Gasteiger partial charge on any atom is -0.389 e. The molecule has 0 saturated heterocycles. The molecule has 1 aromatic rings. The summed E-state index contributed by atoms with van der Waals surface area (Å²) in [6, 6.07) is 2.45. The highest BCUT2D eigenvalue weighted by Crippen LogP contribution is 2.38. The van der Waals surface area contributed by atoms with Crippen molar-refractivity contribution in [2.24, 2.45) is 5.92 Å². The summed E-state index contributed by atoms with van der Waals surface area (Å²) in [5.41, 5.74) is 0.715. The summed E-state index contributed by atoms with van der Waals surface area (Å²) < 4.78 is 0.882. The first-order valence-electron chi connectivity index (χ1n) is 7.11. The molecule has 0 radical (unpaired) electrons. The van der Waals surface area contributed by atoms with Crippen molar-refractivity contribution in [3.05, 3.63) is 20.8 Å². The molecule has 0 fully saturated rings. The second-order valence-electron chi connectivity index (χ2n) is 6.35. The summed E-state index contributed by atoms with van der Waals surface area (Å²) in [6.07, 6.45) is 4.31. The number of hydrogen-bond acceptors (Lipinski definition) is 3. The summed E-state index contributed by atoms with van der Waals surface area (Å²) in [7, 11) is 0. The van der Waals surface area contributed by atoms with Gasteiger partial charge in [-0.1, -0.05) is 25.4 Å². The van der Waals surface area contributed by atoms with E-state index in [-0.39, 0.29) is 0 Å². The van der Waals surface area contributed by atoms with Gasteiger partial charge in [0.2, 0.25) is 0 Å². The summed E-state index contributed by atoms with van der Waals surface area (Å²) in [5, 5.41) is 13.9. The summed E-state index contributed by atoms with van der Waals surface area (Å²) >= 11 is 7.82. The van der Waals surface area contributed by atoms with Crippen molar-refractivity contribution in [3.8, 4) is 0 Å². The van der Waals surface area contributed by atoms with Crippen molar-refractivity contribution in [3.63, 3.8) is 0 Å². The fraction of sp³-hybridized carbons (Fsp3) is 0.733. The molecule has 108 valence electrons. The van der Waals surface area contributed by atoms with E-state index in [2.05, 4.69) is 25.2 Å². The minimum absolute atomic E-state index is 0.353. The summed E-state index contributed by atoms with van der Waals surface area (Å²) in [4.78, 5) is 1.41. The molecule has 2 unspecified atom stereocenters. The maximum Gasteiger partial charge on any atom is 0.0934 e. The second kappa shape index (κ2) is 6.13. The van der Waals surface area contributed by atoms with E-state index in [0.29, 0.717) is 18.5 Å². The minimum atomic E-state index is -0.633. The van der Waals surface area contributed by atoms with E-state index in [1.165, 1.54) is 16.9 Å². The van der Waals surface area contributed by atoms with Crippen LogP contribution in [-0.4, -0.2) is 17.3 Å². The van der Waals surface area contributed by atoms with E-state index in [9.17, 15) is 5.11 Å². The Morgan fingerprint density at radius 3 is 3.00 bits per heavy atom. The predicted molar refractivity (Wildman–Crippen MR) is 83.1 cm³/mol. The molecule has 0 amide bonds. The molecule has 0 aliphatic heterocycles. The molecule has 1 aliphatic carbocycles. The maximum absolute atomic E-state index is 10.4. The third-order valence-corrected chi connectivity index (χ3v) is 5.00. The molecule has 4 heteroatoms. The van der Waals surface area contributed by atoms with Crippen LogP contribution in [0.3, 0.4) is 0 Å². The average Bonchev–Trinajstić information content (AvgIpc) is 2.65. The van der Waals surface area contributed by atoms with E-state index >= 15 is 0 Å². The van der Waals surface area contributed by atoms with Gasteiger partial charge in [0.1, 0.15) is 0 Å². The molecule has 0 saturated carbocycles. The van der Waals surface area contributed by atoms with Gasteiger partial charge in [-0.25, -0.2) is 0 Å². The molecule has 19 heavy (non-hydrogen) atoms. The second-order valence-corrected chi connectivity index (χ2v) is 8.12. The van der Waals surface area contributed by atoms with Gasteiger partial charge in [0.05, 0.1) is 9.94 Å². The molecule has 1 aromatic heterocycles. The van der Waals surface area contributed by atoms with E-state index in [1.54, 1.807) is 11.3 Å². The number of hydrogen-bond donors (Lipinski definition) is 2. The number of nitrogens with one attached hydrogen (secondary N) is 1. The van der Waals surface area contributed by atoms with Gasteiger partial charge in [0.25, 0.3) is 0 Å². The zero-order chi connectivity index (χ0) is 14.0. The van der Waals surface area contributed by atoms with E-state index < -0.39 is 5.60 Å². The molecule has 1 heterocycles. The lowest BCUT2D eigenvalue weighted by Crippen LogP contribution is -2.41. The Kier molecular flexibility index (Phi) is 4.93. The number of halogens is 1. The van der Waals surface area contributed by atoms with Gasteiger partial charge >= 0.3 is 0 Å². The van der Waals surface area contributed by atoms with Gasteiger partial charge in [-0.15, -0.1) is 11.3 Å². The smallest absolute Gasteiger partial charge is 0.0934 e. The first-order valence-corrected chi connectivity index (χ1v) is 8.31. The molecule has 0 aromatic carbocycles. The molecular formula is C15H24ClNOS. The Hall–Kier alpha value is -0.0900. The molecule has 2 atom stereocenters. The average molecular weight is 302 g/mol. The van der Waals surface area contributed by atoms with Gasteiger partial charge in [0, 0.05) is 17.5 Å². The number of fused-ring (bicyclic) bond motifs is 1. The predicted octanol–water partition coefficient (Wildman–Crippen LogP) is 4.17. The SMILES string of the molecule is CC(C)CC(C)(O)CNC1CCCc2sc(Cl)cc21. The van der Waals surface area contributed by atoms with Crippen molar-refractivity contribution in [2.75, 3.05) is 6.54 Å². The molecule has 2 rings (SSSR count). The fourth-order valence-corrected chi connectivity index (χ4v) is 4.41. The van der Waals surface area contributed by atoms with Crippen molar-refractivity contribution >= 4 is 22.9 Å². The number of aryl methyl sites for hydroxylation is 1. The van der Waals surface area contributed by atoms with Crippen LogP contribution in [0, 0.1) is 5.92 Å². The van der Waals surface area contributed by atoms with Crippen LogP contribution < -0.4 is 5.32 Å². The van der Waals surface area contributed by atoms with Gasteiger partial charge in [-0.3, -0.25) is 0 Å². The highest BCUT2D eigenvalue weighted by Gasteiger charge is 2.27. The largest absolute Gasteiger partial charge is 0.389 e. The first kappa shape index (κ1) is 15.3. The molecule has 2 nitrogen and oxygen atoms in total. The molecule has 2 N–H and O–H groups in total. The lowest BCUT2D eigenvalue weighted by atomic mass is 9.91. The third-order valence-electron chi connectivity index (χ3n) is 3.66. The Balaban J connectivity index is 1.97. The first-order chi connectivity index (χ1) is 8.87. The number of aliphatic hydroxyl groups is 1. The Labute approximate surface area is 125 Å². The van der Waals surface area contributed by atoms with Crippen molar-refractivity contribution in [2.45, 2.75) is 58.1 Å². The molecule has 0 bridgehead atoms. The lowest BCUT2D eigenvalue weighted by Gasteiger charge is -2.30. The van der Waals surface area contributed by atoms with Gasteiger partial charge in [-0.2, -0.15) is 0 Å². The molecular weight excluding hydrogens is 278 g/mol. The van der Waals surface area contributed by atoms with Crippen LogP contribution >= 0.6 is 22.9 Å². The van der Waals surface area contributed by atoms with Gasteiger partial charge in [-0.05, 0) is 50.2 Å². The van der Waals surface area contributed by atoms with Crippen LogP contribution in [-0.2, 0) is 6.42 Å². The number of rotatable bonds is 5. The van der Waals surface area contributed by atoms with Crippen LogP contribution in [0.1, 0.15) is 56.5 Å².